The number of ether oxygens (including phenoxy) is 1. The number of amides is 1. The van der Waals surface area contributed by atoms with Crippen LogP contribution < -0.4 is 14.4 Å². The van der Waals surface area contributed by atoms with Crippen LogP contribution in [0.5, 0.6) is 11.5 Å². The molecule has 196 valence electrons. The molecule has 0 fully saturated rings. The molecule has 1 atom stereocenters. The Bertz CT molecular complexity index is 1450. The van der Waals surface area contributed by atoms with Crippen molar-refractivity contribution < 1.29 is 17.9 Å². The van der Waals surface area contributed by atoms with Crippen LogP contribution >= 0.6 is 0 Å². The largest absolute Gasteiger partial charge is 0.457 e. The van der Waals surface area contributed by atoms with Crippen LogP contribution in [0.15, 0.2) is 108 Å². The predicted molar refractivity (Wildman–Crippen MR) is 151 cm³/mol. The highest BCUT2D eigenvalue weighted by atomic mass is 32.2. The van der Waals surface area contributed by atoms with Gasteiger partial charge in [-0.1, -0.05) is 67.1 Å². The van der Waals surface area contributed by atoms with Gasteiger partial charge in [-0.25, -0.2) is 8.42 Å². The standard InChI is InChI=1S/C31H32N2O4S/c1-4-25-12-14-26(15-13-25)24(3)32-31(34)22-33(38(35,36)30-20-10-23(2)11-21-30)27-16-18-29(19-17-27)37-28-8-6-5-7-9-28/h5-21,24H,4,22H2,1-3H3,(H,32,34). The zero-order valence-corrected chi connectivity index (χ0v) is 22.6. The Labute approximate surface area is 225 Å². The van der Waals surface area contributed by atoms with E-state index in [9.17, 15) is 13.2 Å². The van der Waals surface area contributed by atoms with Crippen LogP contribution in [-0.4, -0.2) is 20.9 Å². The van der Waals surface area contributed by atoms with Crippen LogP contribution in [-0.2, 0) is 21.2 Å². The summed E-state index contributed by atoms with van der Waals surface area (Å²) in [5.74, 6) is 0.823. The van der Waals surface area contributed by atoms with Gasteiger partial charge in [0.15, 0.2) is 0 Å². The van der Waals surface area contributed by atoms with Crippen molar-refractivity contribution in [3.63, 3.8) is 0 Å². The molecule has 6 nitrogen and oxygen atoms in total. The molecule has 4 aromatic carbocycles. The van der Waals surface area contributed by atoms with Crippen LogP contribution in [0.25, 0.3) is 0 Å². The lowest BCUT2D eigenvalue weighted by molar-refractivity contribution is -0.120. The molecule has 0 saturated carbocycles. The van der Waals surface area contributed by atoms with Crippen molar-refractivity contribution in [1.29, 1.82) is 0 Å². The smallest absolute Gasteiger partial charge is 0.264 e. The number of para-hydroxylation sites is 1. The van der Waals surface area contributed by atoms with Crippen molar-refractivity contribution in [1.82, 2.24) is 5.32 Å². The van der Waals surface area contributed by atoms with Crippen molar-refractivity contribution in [2.45, 2.75) is 38.1 Å². The number of benzene rings is 4. The molecule has 0 bridgehead atoms. The first-order valence-electron chi connectivity index (χ1n) is 12.6. The molecule has 7 heteroatoms. The Balaban J connectivity index is 1.58. The van der Waals surface area contributed by atoms with Gasteiger partial charge >= 0.3 is 0 Å². The zero-order valence-electron chi connectivity index (χ0n) is 21.8. The lowest BCUT2D eigenvalue weighted by Crippen LogP contribution is -2.41. The lowest BCUT2D eigenvalue weighted by atomic mass is 10.1. The van der Waals surface area contributed by atoms with E-state index in [-0.39, 0.29) is 17.5 Å². The summed E-state index contributed by atoms with van der Waals surface area (Å²) in [7, 11) is -4.02. The third kappa shape index (κ3) is 6.61. The van der Waals surface area contributed by atoms with E-state index in [0.717, 1.165) is 21.9 Å². The monoisotopic (exact) mass is 528 g/mol. The topological polar surface area (TPSA) is 75.7 Å². The molecule has 0 spiro atoms. The summed E-state index contributed by atoms with van der Waals surface area (Å²) in [4.78, 5) is 13.2. The maximum Gasteiger partial charge on any atom is 0.264 e. The Kier molecular flexibility index (Phi) is 8.48. The highest BCUT2D eigenvalue weighted by molar-refractivity contribution is 7.92. The van der Waals surface area contributed by atoms with E-state index < -0.39 is 15.9 Å². The van der Waals surface area contributed by atoms with E-state index in [1.165, 1.54) is 5.56 Å². The van der Waals surface area contributed by atoms with Crippen molar-refractivity contribution in [2.24, 2.45) is 0 Å². The molecule has 0 aliphatic heterocycles. The number of sulfonamides is 1. The molecule has 0 saturated heterocycles. The highest BCUT2D eigenvalue weighted by Gasteiger charge is 2.28. The van der Waals surface area contributed by atoms with Gasteiger partial charge in [-0.2, -0.15) is 0 Å². The van der Waals surface area contributed by atoms with E-state index in [2.05, 4.69) is 12.2 Å². The van der Waals surface area contributed by atoms with Gasteiger partial charge in [0, 0.05) is 0 Å². The average molecular weight is 529 g/mol. The third-order valence-corrected chi connectivity index (χ3v) is 8.05. The van der Waals surface area contributed by atoms with Gasteiger partial charge < -0.3 is 10.1 Å². The number of nitrogens with zero attached hydrogens (tertiary/aromatic N) is 1. The molecule has 1 unspecified atom stereocenters. The van der Waals surface area contributed by atoms with E-state index in [1.54, 1.807) is 48.5 Å². The van der Waals surface area contributed by atoms with E-state index >= 15 is 0 Å². The first-order valence-corrected chi connectivity index (χ1v) is 14.0. The summed E-state index contributed by atoms with van der Waals surface area (Å²) in [6.07, 6.45) is 0.933. The van der Waals surface area contributed by atoms with Gasteiger partial charge in [0.05, 0.1) is 16.6 Å². The van der Waals surface area contributed by atoms with Gasteiger partial charge in [0.2, 0.25) is 5.91 Å². The van der Waals surface area contributed by atoms with E-state index in [4.69, 9.17) is 4.74 Å². The Morgan fingerprint density at radius 1 is 0.842 bits per heavy atom. The Morgan fingerprint density at radius 2 is 1.45 bits per heavy atom. The second-order valence-electron chi connectivity index (χ2n) is 9.12. The molecule has 4 aromatic rings. The van der Waals surface area contributed by atoms with Gasteiger partial charge in [-0.3, -0.25) is 9.10 Å². The Morgan fingerprint density at radius 3 is 2.05 bits per heavy atom. The molecule has 38 heavy (non-hydrogen) atoms. The molecule has 0 heterocycles. The first-order chi connectivity index (χ1) is 18.3. The van der Waals surface area contributed by atoms with Gasteiger partial charge in [0.25, 0.3) is 10.0 Å². The summed E-state index contributed by atoms with van der Waals surface area (Å²) < 4.78 is 34.4. The highest BCUT2D eigenvalue weighted by Crippen LogP contribution is 2.28. The number of carbonyl (C=O) groups excluding carboxylic acids is 1. The fourth-order valence-corrected chi connectivity index (χ4v) is 5.42. The molecule has 0 radical (unpaired) electrons. The van der Waals surface area contributed by atoms with Crippen LogP contribution in [0.3, 0.4) is 0 Å². The van der Waals surface area contributed by atoms with Gasteiger partial charge in [-0.05, 0) is 79.9 Å². The minimum atomic E-state index is -4.02. The van der Waals surface area contributed by atoms with Crippen LogP contribution in [0.1, 0.15) is 36.6 Å². The van der Waals surface area contributed by atoms with Crippen molar-refractivity contribution in [2.75, 3.05) is 10.8 Å². The van der Waals surface area contributed by atoms with E-state index in [1.807, 2.05) is 68.4 Å². The van der Waals surface area contributed by atoms with Crippen molar-refractivity contribution in [3.8, 4) is 11.5 Å². The normalized spacial score (nSPS) is 12.0. The lowest BCUT2D eigenvalue weighted by Gasteiger charge is -2.25. The van der Waals surface area contributed by atoms with E-state index in [0.29, 0.717) is 17.2 Å². The minimum absolute atomic E-state index is 0.115. The molecule has 0 aliphatic carbocycles. The summed E-state index contributed by atoms with van der Waals surface area (Å²) in [6.45, 7) is 5.49. The number of hydrogen-bond acceptors (Lipinski definition) is 4. The Hall–Kier alpha value is -4.10. The fraction of sp³-hybridized carbons (Fsp3) is 0.194. The maximum absolute atomic E-state index is 13.7. The summed E-state index contributed by atoms with van der Waals surface area (Å²) in [5.41, 5.74) is 3.47. The summed E-state index contributed by atoms with van der Waals surface area (Å²) in [5, 5.41) is 2.94. The van der Waals surface area contributed by atoms with Crippen LogP contribution in [0.4, 0.5) is 5.69 Å². The number of rotatable bonds is 10. The number of hydrogen-bond donors (Lipinski definition) is 1. The number of anilines is 1. The summed E-state index contributed by atoms with van der Waals surface area (Å²) >= 11 is 0. The fourth-order valence-electron chi connectivity index (χ4n) is 4.00. The van der Waals surface area contributed by atoms with Crippen LogP contribution in [0.2, 0.25) is 0 Å². The zero-order chi connectivity index (χ0) is 27.1. The molecule has 1 N–H and O–H groups in total. The predicted octanol–water partition coefficient (Wildman–Crippen LogP) is 6.42. The molecule has 4 rings (SSSR count). The first kappa shape index (κ1) is 26.9. The molecule has 0 aromatic heterocycles. The van der Waals surface area contributed by atoms with Crippen molar-refractivity contribution in [3.05, 3.63) is 120 Å². The molecule has 0 aliphatic rings. The minimum Gasteiger partial charge on any atom is -0.457 e. The average Bonchev–Trinajstić information content (AvgIpc) is 2.93. The second-order valence-corrected chi connectivity index (χ2v) is 11.0. The second kappa shape index (κ2) is 12.0. The number of carbonyl (C=O) groups is 1. The summed E-state index contributed by atoms with van der Waals surface area (Å²) in [6, 6.07) is 30.3. The quantitative estimate of drug-likeness (QED) is 0.258. The van der Waals surface area contributed by atoms with Crippen LogP contribution in [0, 0.1) is 6.92 Å². The van der Waals surface area contributed by atoms with Gasteiger partial charge in [-0.15, -0.1) is 0 Å². The maximum atomic E-state index is 13.7. The molecule has 1 amide bonds. The third-order valence-electron chi connectivity index (χ3n) is 6.27. The SMILES string of the molecule is CCc1ccc(C(C)NC(=O)CN(c2ccc(Oc3ccccc3)cc2)S(=O)(=O)c2ccc(C)cc2)cc1. The van der Waals surface area contributed by atoms with Crippen molar-refractivity contribution >= 4 is 21.6 Å². The molecular weight excluding hydrogens is 496 g/mol. The molecular formula is C31H32N2O4S. The van der Waals surface area contributed by atoms with Gasteiger partial charge in [0.1, 0.15) is 18.0 Å². The number of aryl methyl sites for hydroxylation is 2. The number of nitrogens with one attached hydrogen (secondary N) is 1.